The van der Waals surface area contributed by atoms with Crippen molar-refractivity contribution in [2.45, 2.75) is 38.5 Å². The normalized spacial score (nSPS) is 43.1. The molecule has 2 saturated carbocycles. The van der Waals surface area contributed by atoms with Crippen LogP contribution in [0.5, 0.6) is 0 Å². The lowest BCUT2D eigenvalue weighted by Crippen LogP contribution is -2.18. The monoisotopic (exact) mass is 248 g/mol. The van der Waals surface area contributed by atoms with Gasteiger partial charge >= 0.3 is 0 Å². The molecule has 0 radical (unpaired) electrons. The highest BCUT2D eigenvalue weighted by Gasteiger charge is 2.37. The Labute approximate surface area is 109 Å². The lowest BCUT2D eigenvalue weighted by molar-refractivity contribution is 0.229. The van der Waals surface area contributed by atoms with E-state index in [1.807, 2.05) is 0 Å². The van der Waals surface area contributed by atoms with Gasteiger partial charge in [0.05, 0.1) is 0 Å². The van der Waals surface area contributed by atoms with Crippen molar-refractivity contribution in [2.75, 3.05) is 26.2 Å². The van der Waals surface area contributed by atoms with Crippen molar-refractivity contribution in [3.63, 3.8) is 0 Å². The molecule has 4 fully saturated rings. The first-order valence-electron chi connectivity index (χ1n) is 7.80. The van der Waals surface area contributed by atoms with Gasteiger partial charge in [-0.05, 0) is 49.4 Å². The minimum atomic E-state index is 0.918. The summed E-state index contributed by atoms with van der Waals surface area (Å²) in [6.07, 6.45) is 8.57. The van der Waals surface area contributed by atoms with Gasteiger partial charge in [-0.25, -0.2) is 0 Å². The van der Waals surface area contributed by atoms with E-state index < -0.39 is 0 Å². The van der Waals surface area contributed by atoms with Crippen LogP contribution in [0.4, 0.5) is 0 Å². The predicted molar refractivity (Wildman–Crippen MR) is 69.7 cm³/mol. The van der Waals surface area contributed by atoms with Crippen molar-refractivity contribution in [2.24, 2.45) is 34.1 Å². The molecule has 4 atom stereocenters. The van der Waals surface area contributed by atoms with Gasteiger partial charge in [0, 0.05) is 26.2 Å². The van der Waals surface area contributed by atoms with Crippen LogP contribution < -0.4 is 0 Å². The lowest BCUT2D eigenvalue weighted by Gasteiger charge is -2.14. The van der Waals surface area contributed by atoms with Crippen LogP contribution in [0.2, 0.25) is 0 Å². The van der Waals surface area contributed by atoms with Crippen LogP contribution in [0.3, 0.4) is 0 Å². The van der Waals surface area contributed by atoms with Crippen LogP contribution in [0.1, 0.15) is 38.5 Å². The first-order chi connectivity index (χ1) is 8.88. The zero-order chi connectivity index (χ0) is 11.9. The summed E-state index contributed by atoms with van der Waals surface area (Å²) in [6, 6.07) is 0. The molecule has 100 valence electrons. The van der Waals surface area contributed by atoms with Gasteiger partial charge in [0.25, 0.3) is 0 Å². The van der Waals surface area contributed by atoms with Gasteiger partial charge in [-0.1, -0.05) is 23.3 Å². The quantitative estimate of drug-likeness (QED) is 0.704. The minimum Gasteiger partial charge on any atom is -0.277 e. The molecule has 0 amide bonds. The molecule has 2 aliphatic heterocycles. The summed E-state index contributed by atoms with van der Waals surface area (Å²) in [5.41, 5.74) is 0. The molecular formula is C14H24N4. The molecule has 4 nitrogen and oxygen atoms in total. The number of rotatable bonds is 2. The molecule has 0 spiro atoms. The average molecular weight is 248 g/mol. The topological polar surface area (TPSA) is 31.2 Å². The van der Waals surface area contributed by atoms with E-state index in [1.165, 1.54) is 38.5 Å². The summed E-state index contributed by atoms with van der Waals surface area (Å²) >= 11 is 0. The van der Waals surface area contributed by atoms with Crippen LogP contribution in [0.15, 0.2) is 10.4 Å². The highest BCUT2D eigenvalue weighted by atomic mass is 15.7. The Morgan fingerprint density at radius 2 is 0.889 bits per heavy atom. The van der Waals surface area contributed by atoms with E-state index in [4.69, 9.17) is 0 Å². The molecule has 4 unspecified atom stereocenters. The molecule has 18 heavy (non-hydrogen) atoms. The zero-order valence-corrected chi connectivity index (χ0v) is 11.2. The minimum absolute atomic E-state index is 0.918. The first kappa shape index (κ1) is 11.1. The van der Waals surface area contributed by atoms with Gasteiger partial charge in [0.2, 0.25) is 0 Å². The third-order valence-corrected chi connectivity index (χ3v) is 5.71. The van der Waals surface area contributed by atoms with Crippen molar-refractivity contribution >= 4 is 0 Å². The fourth-order valence-electron chi connectivity index (χ4n) is 4.68. The summed E-state index contributed by atoms with van der Waals surface area (Å²) in [6.45, 7) is 4.65. The van der Waals surface area contributed by atoms with Crippen LogP contribution >= 0.6 is 0 Å². The SMILES string of the molecule is C1CC2CN(N=NN3CC4CCCC4C3)CC2C1. The maximum Gasteiger partial charge on any atom is 0.0409 e. The molecule has 0 aromatic rings. The Hall–Kier alpha value is -0.800. The summed E-state index contributed by atoms with van der Waals surface area (Å²) in [5.74, 6) is 3.67. The van der Waals surface area contributed by atoms with E-state index in [0.29, 0.717) is 0 Å². The van der Waals surface area contributed by atoms with E-state index in [2.05, 4.69) is 20.5 Å². The molecular weight excluding hydrogens is 224 g/mol. The van der Waals surface area contributed by atoms with Gasteiger partial charge in [0.15, 0.2) is 0 Å². The van der Waals surface area contributed by atoms with Gasteiger partial charge in [-0.2, -0.15) is 0 Å². The number of fused-ring (bicyclic) bond motifs is 2. The highest BCUT2D eigenvalue weighted by molar-refractivity contribution is 4.88. The molecule has 4 aliphatic rings. The fourth-order valence-corrected chi connectivity index (χ4v) is 4.68. The van der Waals surface area contributed by atoms with Crippen LogP contribution in [0.25, 0.3) is 0 Å². The van der Waals surface area contributed by atoms with Crippen molar-refractivity contribution in [1.29, 1.82) is 0 Å². The van der Waals surface area contributed by atoms with Crippen molar-refractivity contribution < 1.29 is 0 Å². The average Bonchev–Trinajstić information content (AvgIpc) is 3.04. The molecule has 4 heteroatoms. The molecule has 0 bridgehead atoms. The second kappa shape index (κ2) is 4.39. The van der Waals surface area contributed by atoms with Gasteiger partial charge in [-0.3, -0.25) is 10.0 Å². The Kier molecular flexibility index (Phi) is 2.70. The molecule has 2 heterocycles. The summed E-state index contributed by atoms with van der Waals surface area (Å²) < 4.78 is 0. The van der Waals surface area contributed by atoms with Crippen LogP contribution in [-0.4, -0.2) is 36.2 Å². The maximum atomic E-state index is 4.50. The molecule has 0 aromatic heterocycles. The van der Waals surface area contributed by atoms with Gasteiger partial charge in [0.1, 0.15) is 0 Å². The van der Waals surface area contributed by atoms with Gasteiger partial charge in [-0.15, -0.1) is 0 Å². The Morgan fingerprint density at radius 3 is 1.22 bits per heavy atom. The molecule has 2 aliphatic carbocycles. The van der Waals surface area contributed by atoms with Crippen molar-refractivity contribution in [1.82, 2.24) is 10.0 Å². The van der Waals surface area contributed by atoms with E-state index in [0.717, 1.165) is 49.9 Å². The lowest BCUT2D eigenvalue weighted by atomic mass is 10.0. The third-order valence-electron chi connectivity index (χ3n) is 5.71. The summed E-state index contributed by atoms with van der Waals surface area (Å²) in [7, 11) is 0. The first-order valence-corrected chi connectivity index (χ1v) is 7.80. The number of hydrogen-bond acceptors (Lipinski definition) is 2. The molecule has 2 saturated heterocycles. The summed E-state index contributed by atoms with van der Waals surface area (Å²) in [4.78, 5) is 0. The van der Waals surface area contributed by atoms with E-state index in [1.54, 1.807) is 0 Å². The molecule has 0 aromatic carbocycles. The number of hydrogen-bond donors (Lipinski definition) is 0. The Balaban J connectivity index is 1.31. The van der Waals surface area contributed by atoms with Crippen molar-refractivity contribution in [3.05, 3.63) is 0 Å². The second-order valence-electron chi connectivity index (χ2n) is 6.82. The van der Waals surface area contributed by atoms with E-state index >= 15 is 0 Å². The zero-order valence-electron chi connectivity index (χ0n) is 11.2. The highest BCUT2D eigenvalue weighted by Crippen LogP contribution is 2.39. The predicted octanol–water partition coefficient (Wildman–Crippen LogP) is 2.73. The second-order valence-corrected chi connectivity index (χ2v) is 6.82. The van der Waals surface area contributed by atoms with Crippen LogP contribution in [-0.2, 0) is 0 Å². The molecule has 0 N–H and O–H groups in total. The van der Waals surface area contributed by atoms with Crippen molar-refractivity contribution in [3.8, 4) is 0 Å². The van der Waals surface area contributed by atoms with E-state index in [9.17, 15) is 0 Å². The van der Waals surface area contributed by atoms with Crippen LogP contribution in [0, 0.1) is 23.7 Å². The maximum absolute atomic E-state index is 4.50. The molecule has 4 rings (SSSR count). The summed E-state index contributed by atoms with van der Waals surface area (Å²) in [5, 5.41) is 13.4. The standard InChI is InChI=1S/C14H24N4/c1-3-11-7-17(8-12(11)4-1)15-16-18-9-13-5-2-6-14(13)10-18/h11-14H,1-10H2. The van der Waals surface area contributed by atoms with E-state index in [-0.39, 0.29) is 0 Å². The third kappa shape index (κ3) is 1.90. The van der Waals surface area contributed by atoms with Gasteiger partial charge < -0.3 is 0 Å². The Morgan fingerprint density at radius 1 is 0.556 bits per heavy atom. The largest absolute Gasteiger partial charge is 0.277 e. The fraction of sp³-hybridized carbons (Fsp3) is 1.00. The smallest absolute Gasteiger partial charge is 0.0409 e. The Bertz CT molecular complexity index is 287. The number of nitrogens with zero attached hydrogens (tertiary/aromatic N) is 4.